The zero-order valence-electron chi connectivity index (χ0n) is 16.8. The maximum absolute atomic E-state index is 14.6. The van der Waals surface area contributed by atoms with Gasteiger partial charge in [-0.15, -0.1) is 0 Å². The van der Waals surface area contributed by atoms with Gasteiger partial charge in [0.1, 0.15) is 16.4 Å². The standard InChI is InChI=1S/C21H26ClFO4/c1-8-26-20(24)17(23)12(4)13-9-14-15(11(2)3)10-21(5,6)27-19(14)16(22)18(13)25-7/h9-11H,8H2,1-7H3/b17-12+. The van der Waals surface area contributed by atoms with E-state index in [0.717, 1.165) is 11.1 Å². The maximum atomic E-state index is 14.6. The zero-order valence-corrected chi connectivity index (χ0v) is 17.6. The summed E-state index contributed by atoms with van der Waals surface area (Å²) in [5.74, 6) is -1.03. The van der Waals surface area contributed by atoms with Crippen LogP contribution in [-0.4, -0.2) is 25.3 Å². The summed E-state index contributed by atoms with van der Waals surface area (Å²) in [6, 6.07) is 1.76. The van der Waals surface area contributed by atoms with E-state index in [4.69, 9.17) is 25.8 Å². The van der Waals surface area contributed by atoms with E-state index in [-0.39, 0.29) is 28.9 Å². The molecule has 1 aromatic carbocycles. The van der Waals surface area contributed by atoms with Crippen LogP contribution in [0.5, 0.6) is 11.5 Å². The predicted octanol–water partition coefficient (Wildman–Crippen LogP) is 5.82. The van der Waals surface area contributed by atoms with Gasteiger partial charge in [0.15, 0.2) is 5.75 Å². The molecule has 2 rings (SSSR count). The third kappa shape index (κ3) is 4.13. The van der Waals surface area contributed by atoms with Crippen molar-refractivity contribution in [1.82, 2.24) is 0 Å². The molecule has 0 atom stereocenters. The molecule has 0 unspecified atom stereocenters. The molecule has 0 spiro atoms. The number of carbonyl (C=O) groups is 1. The van der Waals surface area contributed by atoms with Gasteiger partial charge in [-0.2, -0.15) is 4.39 Å². The van der Waals surface area contributed by atoms with Crippen molar-refractivity contribution in [3.63, 3.8) is 0 Å². The third-order valence-electron chi connectivity index (χ3n) is 4.37. The lowest BCUT2D eigenvalue weighted by atomic mass is 9.86. The lowest BCUT2D eigenvalue weighted by Gasteiger charge is -2.34. The number of esters is 1. The Balaban J connectivity index is 2.77. The predicted molar refractivity (Wildman–Crippen MR) is 106 cm³/mol. The van der Waals surface area contributed by atoms with E-state index < -0.39 is 17.4 Å². The normalized spacial score (nSPS) is 16.1. The molecule has 1 heterocycles. The van der Waals surface area contributed by atoms with Gasteiger partial charge < -0.3 is 14.2 Å². The second-order valence-corrected chi connectivity index (χ2v) is 7.65. The van der Waals surface area contributed by atoms with E-state index in [1.54, 1.807) is 13.0 Å². The number of hydrogen-bond acceptors (Lipinski definition) is 4. The van der Waals surface area contributed by atoms with Gasteiger partial charge in [0.05, 0.1) is 13.7 Å². The van der Waals surface area contributed by atoms with Crippen molar-refractivity contribution in [2.24, 2.45) is 5.92 Å². The Kier molecular flexibility index (Phi) is 6.25. The Morgan fingerprint density at radius 1 is 1.37 bits per heavy atom. The van der Waals surface area contributed by atoms with E-state index in [1.165, 1.54) is 14.0 Å². The number of benzene rings is 1. The highest BCUT2D eigenvalue weighted by Gasteiger charge is 2.33. The SMILES string of the molecule is CCOC(=O)/C(F)=C(/C)c1cc2c(c(Cl)c1OC)OC(C)(C)C=C2C(C)C. The molecule has 6 heteroatoms. The Hall–Kier alpha value is -2.01. The van der Waals surface area contributed by atoms with Gasteiger partial charge in [-0.1, -0.05) is 25.4 Å². The molecule has 0 saturated heterocycles. The minimum Gasteiger partial charge on any atom is -0.494 e. The number of hydrogen-bond donors (Lipinski definition) is 0. The van der Waals surface area contributed by atoms with Crippen molar-refractivity contribution >= 4 is 28.7 Å². The quantitative estimate of drug-likeness (QED) is 0.464. The molecular formula is C21H26ClFO4. The molecule has 1 aliphatic heterocycles. The molecule has 148 valence electrons. The van der Waals surface area contributed by atoms with Gasteiger partial charge in [0.2, 0.25) is 5.83 Å². The number of halogens is 2. The van der Waals surface area contributed by atoms with Crippen LogP contribution in [0, 0.1) is 5.92 Å². The Morgan fingerprint density at radius 2 is 2.00 bits per heavy atom. The average molecular weight is 397 g/mol. The summed E-state index contributed by atoms with van der Waals surface area (Å²) >= 11 is 6.58. The van der Waals surface area contributed by atoms with Crippen LogP contribution < -0.4 is 9.47 Å². The molecule has 1 aliphatic rings. The Labute approximate surface area is 164 Å². The number of methoxy groups -OCH3 is 1. The molecule has 0 amide bonds. The largest absolute Gasteiger partial charge is 0.494 e. The fraction of sp³-hybridized carbons (Fsp3) is 0.476. The fourth-order valence-electron chi connectivity index (χ4n) is 3.10. The summed E-state index contributed by atoms with van der Waals surface area (Å²) < 4.78 is 30.8. The minimum absolute atomic E-state index is 0.0881. The molecule has 0 aliphatic carbocycles. The second-order valence-electron chi connectivity index (χ2n) is 7.27. The first-order valence-electron chi connectivity index (χ1n) is 8.90. The molecule has 0 N–H and O–H groups in total. The van der Waals surface area contributed by atoms with Crippen molar-refractivity contribution < 1.29 is 23.4 Å². The van der Waals surface area contributed by atoms with Crippen LogP contribution in [0.3, 0.4) is 0 Å². The number of ether oxygens (including phenoxy) is 3. The molecule has 4 nitrogen and oxygen atoms in total. The van der Waals surface area contributed by atoms with Crippen molar-refractivity contribution in [3.05, 3.63) is 34.1 Å². The average Bonchev–Trinajstić information content (AvgIpc) is 2.59. The monoisotopic (exact) mass is 396 g/mol. The van der Waals surface area contributed by atoms with Gasteiger partial charge in [-0.25, -0.2) is 4.79 Å². The Bertz CT molecular complexity index is 822. The van der Waals surface area contributed by atoms with Crippen LogP contribution in [0.4, 0.5) is 4.39 Å². The molecule has 1 aromatic rings. The fourth-order valence-corrected chi connectivity index (χ4v) is 3.41. The first-order valence-corrected chi connectivity index (χ1v) is 9.28. The summed E-state index contributed by atoms with van der Waals surface area (Å²) in [5, 5.41) is 0.250. The highest BCUT2D eigenvalue weighted by molar-refractivity contribution is 6.34. The number of fused-ring (bicyclic) bond motifs is 1. The summed E-state index contributed by atoms with van der Waals surface area (Å²) in [6.45, 7) is 11.2. The highest BCUT2D eigenvalue weighted by Crippen LogP contribution is 2.50. The second kappa shape index (κ2) is 7.93. The van der Waals surface area contributed by atoms with Gasteiger partial charge in [0, 0.05) is 16.7 Å². The number of rotatable bonds is 5. The van der Waals surface area contributed by atoms with Gasteiger partial charge in [0.25, 0.3) is 0 Å². The third-order valence-corrected chi connectivity index (χ3v) is 4.71. The van der Waals surface area contributed by atoms with Gasteiger partial charge in [-0.3, -0.25) is 0 Å². The van der Waals surface area contributed by atoms with Crippen LogP contribution in [0.1, 0.15) is 52.7 Å². The molecule has 0 bridgehead atoms. The van der Waals surface area contributed by atoms with Crippen LogP contribution in [0.25, 0.3) is 11.1 Å². The first-order chi connectivity index (χ1) is 12.5. The smallest absolute Gasteiger partial charge is 0.367 e. The number of allylic oxidation sites excluding steroid dienone is 2. The van der Waals surface area contributed by atoms with Crippen molar-refractivity contribution in [1.29, 1.82) is 0 Å². The van der Waals surface area contributed by atoms with E-state index in [9.17, 15) is 9.18 Å². The van der Waals surface area contributed by atoms with Crippen LogP contribution in [0.2, 0.25) is 5.02 Å². The summed E-state index contributed by atoms with van der Waals surface area (Å²) in [7, 11) is 1.44. The first kappa shape index (κ1) is 21.3. The number of carbonyl (C=O) groups excluding carboxylic acids is 1. The zero-order chi connectivity index (χ0) is 20.5. The van der Waals surface area contributed by atoms with Gasteiger partial charge in [-0.05, 0) is 51.3 Å². The molecule has 0 aromatic heterocycles. The van der Waals surface area contributed by atoms with E-state index in [2.05, 4.69) is 13.8 Å². The summed E-state index contributed by atoms with van der Waals surface area (Å²) in [5.41, 5.74) is 1.76. The van der Waals surface area contributed by atoms with Crippen LogP contribution in [-0.2, 0) is 9.53 Å². The summed E-state index contributed by atoms with van der Waals surface area (Å²) in [6.07, 6.45) is 2.04. The molecule has 0 saturated carbocycles. The molecular weight excluding hydrogens is 371 g/mol. The topological polar surface area (TPSA) is 44.8 Å². The molecule has 0 radical (unpaired) electrons. The Morgan fingerprint density at radius 3 is 2.52 bits per heavy atom. The van der Waals surface area contributed by atoms with Crippen molar-refractivity contribution in [2.75, 3.05) is 13.7 Å². The van der Waals surface area contributed by atoms with Crippen LogP contribution in [0.15, 0.2) is 18.0 Å². The van der Waals surface area contributed by atoms with E-state index >= 15 is 0 Å². The molecule has 27 heavy (non-hydrogen) atoms. The van der Waals surface area contributed by atoms with Crippen molar-refractivity contribution in [2.45, 2.75) is 47.1 Å². The lowest BCUT2D eigenvalue weighted by Crippen LogP contribution is -2.30. The lowest BCUT2D eigenvalue weighted by molar-refractivity contribution is -0.140. The van der Waals surface area contributed by atoms with Crippen molar-refractivity contribution in [3.8, 4) is 11.5 Å². The maximum Gasteiger partial charge on any atom is 0.367 e. The van der Waals surface area contributed by atoms with E-state index in [1.807, 2.05) is 19.9 Å². The van der Waals surface area contributed by atoms with Crippen LogP contribution >= 0.6 is 11.6 Å². The van der Waals surface area contributed by atoms with Gasteiger partial charge >= 0.3 is 5.97 Å². The molecule has 0 fully saturated rings. The van der Waals surface area contributed by atoms with E-state index in [0.29, 0.717) is 11.3 Å². The highest BCUT2D eigenvalue weighted by atomic mass is 35.5. The minimum atomic E-state index is -1.01. The summed E-state index contributed by atoms with van der Waals surface area (Å²) in [4.78, 5) is 11.8.